The molecule has 0 aromatic carbocycles. The van der Waals surface area contributed by atoms with Gasteiger partial charge in [0.05, 0.1) is 13.7 Å². The van der Waals surface area contributed by atoms with Gasteiger partial charge in [0.15, 0.2) is 5.96 Å². The molecular formula is C19H27IN6O. The molecule has 2 aromatic rings. The summed E-state index contributed by atoms with van der Waals surface area (Å²) < 4.78 is 5.32. The van der Waals surface area contributed by atoms with Crippen LogP contribution in [0.1, 0.15) is 12.5 Å². The molecule has 1 fully saturated rings. The maximum Gasteiger partial charge on any atom is 0.218 e. The van der Waals surface area contributed by atoms with Gasteiger partial charge < -0.3 is 19.9 Å². The van der Waals surface area contributed by atoms with Crippen LogP contribution in [0.3, 0.4) is 0 Å². The molecule has 0 saturated carbocycles. The number of nitrogens with zero attached hydrogens (tertiary/aromatic N) is 5. The zero-order chi connectivity index (χ0) is 18.2. The lowest BCUT2D eigenvalue weighted by molar-refractivity contribution is 0.370. The van der Waals surface area contributed by atoms with Gasteiger partial charge in [-0.15, -0.1) is 24.0 Å². The van der Waals surface area contributed by atoms with E-state index < -0.39 is 0 Å². The number of aromatic nitrogens is 2. The van der Waals surface area contributed by atoms with E-state index in [9.17, 15) is 0 Å². The van der Waals surface area contributed by atoms with Crippen LogP contribution in [0.4, 0.5) is 5.82 Å². The molecule has 0 aliphatic carbocycles. The molecule has 1 saturated heterocycles. The highest BCUT2D eigenvalue weighted by Gasteiger charge is 2.20. The average molecular weight is 482 g/mol. The largest absolute Gasteiger partial charge is 0.481 e. The number of hydrogen-bond acceptors (Lipinski definition) is 5. The van der Waals surface area contributed by atoms with Crippen molar-refractivity contribution in [2.45, 2.75) is 13.5 Å². The van der Waals surface area contributed by atoms with Crippen LogP contribution in [-0.2, 0) is 6.54 Å². The van der Waals surface area contributed by atoms with E-state index in [4.69, 9.17) is 9.73 Å². The molecule has 8 heteroatoms. The second kappa shape index (κ2) is 10.9. The molecular weight excluding hydrogens is 455 g/mol. The Morgan fingerprint density at radius 2 is 1.89 bits per heavy atom. The molecule has 3 heterocycles. The second-order valence-electron chi connectivity index (χ2n) is 6.00. The van der Waals surface area contributed by atoms with Gasteiger partial charge in [0.1, 0.15) is 5.82 Å². The SMILES string of the molecule is CCNC(=NCc1cccnc1OC)N1CCN(c2ccccn2)CC1.I. The maximum atomic E-state index is 5.32. The van der Waals surface area contributed by atoms with Gasteiger partial charge in [-0.25, -0.2) is 15.0 Å². The van der Waals surface area contributed by atoms with Gasteiger partial charge in [-0.05, 0) is 25.1 Å². The predicted molar refractivity (Wildman–Crippen MR) is 119 cm³/mol. The molecule has 7 nitrogen and oxygen atoms in total. The highest BCUT2D eigenvalue weighted by molar-refractivity contribution is 14.0. The van der Waals surface area contributed by atoms with Crippen molar-refractivity contribution in [1.29, 1.82) is 0 Å². The van der Waals surface area contributed by atoms with E-state index in [1.807, 2.05) is 30.5 Å². The third kappa shape index (κ3) is 5.69. The van der Waals surface area contributed by atoms with Crippen LogP contribution in [0.15, 0.2) is 47.7 Å². The standard InChI is InChI=1S/C19H26N6O.HI/c1-3-20-19(23-15-16-7-6-10-22-18(16)26-2)25-13-11-24(12-14-25)17-8-4-5-9-21-17;/h4-10H,3,11-15H2,1-2H3,(H,20,23);1H. The fourth-order valence-corrected chi connectivity index (χ4v) is 3.00. The van der Waals surface area contributed by atoms with Gasteiger partial charge in [0, 0.05) is 50.7 Å². The van der Waals surface area contributed by atoms with E-state index in [1.165, 1.54) is 0 Å². The monoisotopic (exact) mass is 482 g/mol. The third-order valence-electron chi connectivity index (χ3n) is 4.33. The Balaban J connectivity index is 0.00000261. The van der Waals surface area contributed by atoms with Crippen LogP contribution < -0.4 is 15.0 Å². The number of pyridine rings is 2. The summed E-state index contributed by atoms with van der Waals surface area (Å²) in [6.07, 6.45) is 3.57. The first kappa shape index (κ1) is 21.2. The summed E-state index contributed by atoms with van der Waals surface area (Å²) in [5, 5.41) is 3.40. The van der Waals surface area contributed by atoms with Crippen molar-refractivity contribution in [3.63, 3.8) is 0 Å². The summed E-state index contributed by atoms with van der Waals surface area (Å²) in [5.74, 6) is 2.60. The Morgan fingerprint density at radius 3 is 2.56 bits per heavy atom. The molecule has 0 atom stereocenters. The number of piperazine rings is 1. The highest BCUT2D eigenvalue weighted by Crippen LogP contribution is 2.16. The van der Waals surface area contributed by atoms with Crippen LogP contribution >= 0.6 is 24.0 Å². The lowest BCUT2D eigenvalue weighted by atomic mass is 10.2. The van der Waals surface area contributed by atoms with Gasteiger partial charge in [-0.3, -0.25) is 0 Å². The van der Waals surface area contributed by atoms with Crippen molar-refractivity contribution >= 4 is 35.8 Å². The zero-order valence-corrected chi connectivity index (χ0v) is 18.2. The molecule has 0 radical (unpaired) electrons. The van der Waals surface area contributed by atoms with Gasteiger partial charge in [0.2, 0.25) is 5.88 Å². The first-order chi connectivity index (χ1) is 12.8. The van der Waals surface area contributed by atoms with E-state index in [-0.39, 0.29) is 24.0 Å². The smallest absolute Gasteiger partial charge is 0.218 e. The molecule has 3 rings (SSSR count). The quantitative estimate of drug-likeness (QED) is 0.401. The number of methoxy groups -OCH3 is 1. The van der Waals surface area contributed by atoms with E-state index in [2.05, 4.69) is 38.1 Å². The number of guanidine groups is 1. The minimum atomic E-state index is 0. The van der Waals surface area contributed by atoms with Gasteiger partial charge >= 0.3 is 0 Å². The molecule has 1 N–H and O–H groups in total. The van der Waals surface area contributed by atoms with Gasteiger partial charge in [-0.2, -0.15) is 0 Å². The van der Waals surface area contributed by atoms with Crippen molar-refractivity contribution in [2.24, 2.45) is 4.99 Å². The van der Waals surface area contributed by atoms with E-state index >= 15 is 0 Å². The Bertz CT molecular complexity index is 719. The zero-order valence-electron chi connectivity index (χ0n) is 15.8. The molecule has 2 aromatic heterocycles. The lowest BCUT2D eigenvalue weighted by Crippen LogP contribution is -2.52. The van der Waals surface area contributed by atoms with Gasteiger partial charge in [-0.1, -0.05) is 12.1 Å². The van der Waals surface area contributed by atoms with Crippen molar-refractivity contribution in [3.8, 4) is 5.88 Å². The molecule has 0 amide bonds. The summed E-state index contributed by atoms with van der Waals surface area (Å²) in [5.41, 5.74) is 0.984. The normalized spacial score (nSPS) is 14.5. The predicted octanol–water partition coefficient (Wildman–Crippen LogP) is 2.39. The Morgan fingerprint density at radius 1 is 1.11 bits per heavy atom. The molecule has 0 unspecified atom stereocenters. The Labute approximate surface area is 177 Å². The molecule has 0 spiro atoms. The highest BCUT2D eigenvalue weighted by atomic mass is 127. The van der Waals surface area contributed by atoms with Crippen molar-refractivity contribution in [1.82, 2.24) is 20.2 Å². The Hall–Kier alpha value is -2.10. The number of ether oxygens (including phenoxy) is 1. The van der Waals surface area contributed by atoms with Crippen LogP contribution in [0.2, 0.25) is 0 Å². The maximum absolute atomic E-state index is 5.32. The van der Waals surface area contributed by atoms with Crippen LogP contribution in [-0.4, -0.2) is 60.7 Å². The van der Waals surface area contributed by atoms with Crippen molar-refractivity contribution in [2.75, 3.05) is 44.7 Å². The third-order valence-corrected chi connectivity index (χ3v) is 4.33. The number of halogens is 1. The van der Waals surface area contributed by atoms with E-state index in [0.717, 1.165) is 50.1 Å². The minimum absolute atomic E-state index is 0. The van der Waals surface area contributed by atoms with Crippen molar-refractivity contribution in [3.05, 3.63) is 48.3 Å². The Kier molecular flexibility index (Phi) is 8.56. The lowest BCUT2D eigenvalue weighted by Gasteiger charge is -2.37. The number of rotatable bonds is 5. The van der Waals surface area contributed by atoms with E-state index in [1.54, 1.807) is 13.3 Å². The molecule has 27 heavy (non-hydrogen) atoms. The van der Waals surface area contributed by atoms with Crippen LogP contribution in [0.5, 0.6) is 5.88 Å². The van der Waals surface area contributed by atoms with Crippen LogP contribution in [0.25, 0.3) is 0 Å². The first-order valence-electron chi connectivity index (χ1n) is 8.99. The van der Waals surface area contributed by atoms with Crippen molar-refractivity contribution < 1.29 is 4.74 Å². The summed E-state index contributed by atoms with van der Waals surface area (Å²) in [7, 11) is 1.64. The number of anilines is 1. The summed E-state index contributed by atoms with van der Waals surface area (Å²) >= 11 is 0. The topological polar surface area (TPSA) is 65.9 Å². The fourth-order valence-electron chi connectivity index (χ4n) is 3.00. The second-order valence-corrected chi connectivity index (χ2v) is 6.00. The van der Waals surface area contributed by atoms with Gasteiger partial charge in [0.25, 0.3) is 0 Å². The number of hydrogen-bond donors (Lipinski definition) is 1. The summed E-state index contributed by atoms with van der Waals surface area (Å²) in [6.45, 7) is 7.14. The first-order valence-corrected chi connectivity index (χ1v) is 8.99. The molecule has 1 aliphatic heterocycles. The van der Waals surface area contributed by atoms with Crippen LogP contribution in [0, 0.1) is 0 Å². The van der Waals surface area contributed by atoms with E-state index in [0.29, 0.717) is 12.4 Å². The summed E-state index contributed by atoms with van der Waals surface area (Å²) in [6, 6.07) is 9.94. The average Bonchev–Trinajstić information content (AvgIpc) is 2.72. The molecule has 1 aliphatic rings. The fraction of sp³-hybridized carbons (Fsp3) is 0.421. The molecule has 146 valence electrons. The number of aliphatic imine (C=N–C) groups is 1. The minimum Gasteiger partial charge on any atom is -0.481 e. The molecule has 0 bridgehead atoms. The number of nitrogens with one attached hydrogen (secondary N) is 1. The summed E-state index contributed by atoms with van der Waals surface area (Å²) in [4.78, 5) is 18.1.